The zero-order valence-electron chi connectivity index (χ0n) is 15.7. The predicted octanol–water partition coefficient (Wildman–Crippen LogP) is 3.45. The van der Waals surface area contributed by atoms with Crippen LogP contribution in [-0.4, -0.2) is 60.4 Å². The van der Waals surface area contributed by atoms with Crippen molar-refractivity contribution in [3.05, 3.63) is 60.2 Å². The van der Waals surface area contributed by atoms with Crippen molar-refractivity contribution < 1.29 is 13.9 Å². The number of rotatable bonds is 7. The topological polar surface area (TPSA) is 30.0 Å². The molecule has 3 rings (SSSR count). The van der Waals surface area contributed by atoms with Gasteiger partial charge in [-0.05, 0) is 68.4 Å². The van der Waals surface area contributed by atoms with Crippen LogP contribution in [0.5, 0.6) is 0 Å². The largest absolute Gasteiger partial charge is 0.379 e. The van der Waals surface area contributed by atoms with Crippen molar-refractivity contribution in [3.8, 4) is 0 Å². The molecule has 146 valence electrons. The Labute approximate surface area is 159 Å². The molecule has 27 heavy (non-hydrogen) atoms. The van der Waals surface area contributed by atoms with E-state index in [2.05, 4.69) is 14.7 Å². The van der Waals surface area contributed by atoms with Gasteiger partial charge in [0.1, 0.15) is 17.9 Å². The molecule has 1 atom stereocenters. The first kappa shape index (κ1) is 19.7. The lowest BCUT2D eigenvalue weighted by Gasteiger charge is -2.36. The monoisotopic (exact) mass is 375 g/mol. The molecule has 4 nitrogen and oxygen atoms in total. The fourth-order valence-corrected chi connectivity index (χ4v) is 3.46. The molecular weight excluding hydrogens is 348 g/mol. The van der Waals surface area contributed by atoms with Crippen LogP contribution in [0.25, 0.3) is 0 Å². The summed E-state index contributed by atoms with van der Waals surface area (Å²) in [6.45, 7) is 7.14. The third kappa shape index (κ3) is 5.48. The fraction of sp³-hybridized carbons (Fsp3) is 0.429. The van der Waals surface area contributed by atoms with Gasteiger partial charge in [-0.3, -0.25) is 4.90 Å². The Balaban J connectivity index is 1.60. The number of hydrogen-bond donors (Lipinski definition) is 1. The average molecular weight is 375 g/mol. The van der Waals surface area contributed by atoms with Gasteiger partial charge in [-0.1, -0.05) is 0 Å². The molecule has 0 bridgehead atoms. The van der Waals surface area contributed by atoms with Crippen LogP contribution in [0.4, 0.5) is 20.2 Å². The molecule has 1 fully saturated rings. The molecule has 0 spiro atoms. The molecule has 2 aromatic carbocycles. The van der Waals surface area contributed by atoms with E-state index in [4.69, 9.17) is 0 Å². The number of piperazine rings is 1. The van der Waals surface area contributed by atoms with Gasteiger partial charge in [-0.15, -0.1) is 0 Å². The highest BCUT2D eigenvalue weighted by Gasteiger charge is 2.19. The van der Waals surface area contributed by atoms with Crippen molar-refractivity contribution in [1.29, 1.82) is 0 Å². The van der Waals surface area contributed by atoms with Gasteiger partial charge in [0.15, 0.2) is 0 Å². The quantitative estimate of drug-likeness (QED) is 0.803. The predicted molar refractivity (Wildman–Crippen MR) is 104 cm³/mol. The summed E-state index contributed by atoms with van der Waals surface area (Å²) < 4.78 is 26.6. The van der Waals surface area contributed by atoms with Crippen LogP contribution in [0.15, 0.2) is 48.5 Å². The van der Waals surface area contributed by atoms with Gasteiger partial charge < -0.3 is 14.9 Å². The molecule has 0 aromatic heterocycles. The minimum absolute atomic E-state index is 0.270. The summed E-state index contributed by atoms with van der Waals surface area (Å²) in [6.07, 6.45) is 0.545. The van der Waals surface area contributed by atoms with Crippen LogP contribution < -0.4 is 4.90 Å². The molecule has 0 aliphatic carbocycles. The van der Waals surface area contributed by atoms with E-state index in [1.807, 2.05) is 0 Å². The molecule has 1 heterocycles. The first-order valence-corrected chi connectivity index (χ1v) is 9.46. The maximum absolute atomic E-state index is 13.3. The van der Waals surface area contributed by atoms with E-state index in [0.717, 1.165) is 57.1 Å². The minimum Gasteiger partial charge on any atom is -0.379 e. The minimum atomic E-state index is -0.389. The number of benzene rings is 2. The molecule has 1 saturated heterocycles. The second kappa shape index (κ2) is 9.26. The second-order valence-electron chi connectivity index (χ2n) is 6.97. The zero-order valence-corrected chi connectivity index (χ0v) is 15.7. The van der Waals surface area contributed by atoms with Crippen molar-refractivity contribution in [2.45, 2.75) is 19.6 Å². The van der Waals surface area contributed by atoms with E-state index >= 15 is 0 Å². The van der Waals surface area contributed by atoms with Gasteiger partial charge in [0.2, 0.25) is 0 Å². The van der Waals surface area contributed by atoms with Crippen molar-refractivity contribution in [2.24, 2.45) is 0 Å². The van der Waals surface area contributed by atoms with E-state index in [1.165, 1.54) is 24.3 Å². The third-order valence-corrected chi connectivity index (χ3v) is 5.07. The van der Waals surface area contributed by atoms with Crippen molar-refractivity contribution in [1.82, 2.24) is 9.80 Å². The number of nitrogens with zero attached hydrogens (tertiary/aromatic N) is 3. The molecular formula is C21H27F2N3O. The molecule has 1 unspecified atom stereocenters. The number of aliphatic hydroxyl groups excluding tert-OH is 1. The van der Waals surface area contributed by atoms with Gasteiger partial charge in [0.25, 0.3) is 0 Å². The molecule has 0 saturated carbocycles. The van der Waals surface area contributed by atoms with Crippen LogP contribution in [0, 0.1) is 11.6 Å². The highest BCUT2D eigenvalue weighted by Crippen LogP contribution is 2.26. The maximum atomic E-state index is 13.3. The summed E-state index contributed by atoms with van der Waals surface area (Å²) in [4.78, 5) is 6.55. The van der Waals surface area contributed by atoms with Crippen molar-refractivity contribution in [3.63, 3.8) is 0 Å². The lowest BCUT2D eigenvalue weighted by atomic mass is 10.2. The smallest absolute Gasteiger partial charge is 0.123 e. The summed E-state index contributed by atoms with van der Waals surface area (Å²) in [5.74, 6) is -0.539. The van der Waals surface area contributed by atoms with Crippen LogP contribution >= 0.6 is 0 Å². The van der Waals surface area contributed by atoms with Crippen LogP contribution in [-0.2, 0) is 0 Å². The molecule has 2 aromatic rings. The SMILES string of the molecule is CC(O)N1CCN(CCCN(c2ccc(F)cc2)c2ccc(F)cc2)CC1. The van der Waals surface area contributed by atoms with Crippen LogP contribution in [0.2, 0.25) is 0 Å². The molecule has 0 radical (unpaired) electrons. The first-order chi connectivity index (χ1) is 13.0. The second-order valence-corrected chi connectivity index (χ2v) is 6.97. The van der Waals surface area contributed by atoms with E-state index < -0.39 is 0 Å². The van der Waals surface area contributed by atoms with Crippen molar-refractivity contribution in [2.75, 3.05) is 44.2 Å². The average Bonchev–Trinajstić information content (AvgIpc) is 2.67. The standard InChI is InChI=1S/C21H27F2N3O/c1-17(27)25-15-13-24(14-16-25)11-2-12-26(20-7-3-18(22)4-8-20)21-9-5-19(23)6-10-21/h3-10,17,27H,2,11-16H2,1H3. The zero-order chi connectivity index (χ0) is 19.2. The van der Waals surface area contributed by atoms with Gasteiger partial charge in [-0.25, -0.2) is 8.78 Å². The van der Waals surface area contributed by atoms with Crippen molar-refractivity contribution >= 4 is 11.4 Å². The van der Waals surface area contributed by atoms with E-state index in [0.29, 0.717) is 0 Å². The molecule has 6 heteroatoms. The third-order valence-electron chi connectivity index (χ3n) is 5.07. The number of anilines is 2. The summed E-state index contributed by atoms with van der Waals surface area (Å²) in [5, 5.41) is 9.65. The van der Waals surface area contributed by atoms with Crippen LogP contribution in [0.1, 0.15) is 13.3 Å². The van der Waals surface area contributed by atoms with Gasteiger partial charge in [0, 0.05) is 44.1 Å². The number of halogens is 2. The number of aliphatic hydroxyl groups is 1. The van der Waals surface area contributed by atoms with Crippen LogP contribution in [0.3, 0.4) is 0 Å². The Morgan fingerprint density at radius 1 is 0.889 bits per heavy atom. The summed E-state index contributed by atoms with van der Waals surface area (Å²) in [7, 11) is 0. The summed E-state index contributed by atoms with van der Waals surface area (Å²) in [6, 6.07) is 12.8. The Hall–Kier alpha value is -2.02. The molecule has 1 N–H and O–H groups in total. The Morgan fingerprint density at radius 3 is 1.81 bits per heavy atom. The van der Waals surface area contributed by atoms with E-state index in [1.54, 1.807) is 31.2 Å². The van der Waals surface area contributed by atoms with Gasteiger partial charge in [0.05, 0.1) is 0 Å². The highest BCUT2D eigenvalue weighted by molar-refractivity contribution is 5.62. The Kier molecular flexibility index (Phi) is 6.77. The molecule has 0 amide bonds. The first-order valence-electron chi connectivity index (χ1n) is 9.46. The number of hydrogen-bond acceptors (Lipinski definition) is 4. The molecule has 1 aliphatic rings. The lowest BCUT2D eigenvalue weighted by molar-refractivity contribution is -0.0127. The highest BCUT2D eigenvalue weighted by atomic mass is 19.1. The lowest BCUT2D eigenvalue weighted by Crippen LogP contribution is -2.49. The summed E-state index contributed by atoms with van der Waals surface area (Å²) in [5.41, 5.74) is 1.78. The maximum Gasteiger partial charge on any atom is 0.123 e. The normalized spacial score (nSPS) is 17.0. The Morgan fingerprint density at radius 2 is 1.37 bits per heavy atom. The fourth-order valence-electron chi connectivity index (χ4n) is 3.46. The summed E-state index contributed by atoms with van der Waals surface area (Å²) >= 11 is 0. The Bertz CT molecular complexity index is 653. The van der Waals surface area contributed by atoms with E-state index in [-0.39, 0.29) is 17.9 Å². The van der Waals surface area contributed by atoms with Gasteiger partial charge in [-0.2, -0.15) is 0 Å². The van der Waals surface area contributed by atoms with Gasteiger partial charge >= 0.3 is 0 Å². The molecule has 1 aliphatic heterocycles. The van der Waals surface area contributed by atoms with E-state index in [9.17, 15) is 13.9 Å².